The van der Waals surface area contributed by atoms with E-state index in [0.717, 1.165) is 72.9 Å². The number of rotatable bonds is 6. The van der Waals surface area contributed by atoms with Crippen molar-refractivity contribution in [1.82, 2.24) is 30.1 Å². The number of ketones is 1. The molecule has 1 amide bonds. The second-order valence-electron chi connectivity index (χ2n) is 10.1. The van der Waals surface area contributed by atoms with Crippen LogP contribution in [-0.2, 0) is 16.0 Å². The number of nitrogens with one attached hydrogen (secondary N) is 2. The summed E-state index contributed by atoms with van der Waals surface area (Å²) in [7, 11) is 0. The Morgan fingerprint density at radius 1 is 1.11 bits per heavy atom. The topological polar surface area (TPSA) is 97.5 Å². The molecule has 2 aliphatic heterocycles. The van der Waals surface area contributed by atoms with E-state index < -0.39 is 0 Å². The van der Waals surface area contributed by atoms with Gasteiger partial charge in [-0.1, -0.05) is 6.07 Å². The van der Waals surface area contributed by atoms with Gasteiger partial charge in [0.25, 0.3) is 0 Å². The largest absolute Gasteiger partial charge is 0.352 e. The Labute approximate surface area is 211 Å². The molecule has 36 heavy (non-hydrogen) atoms. The van der Waals surface area contributed by atoms with Crippen molar-refractivity contribution in [2.45, 2.75) is 39.3 Å². The maximum absolute atomic E-state index is 12.7. The van der Waals surface area contributed by atoms with Crippen LogP contribution >= 0.6 is 0 Å². The number of pyridine rings is 2. The van der Waals surface area contributed by atoms with Crippen LogP contribution in [-0.4, -0.2) is 94.3 Å². The van der Waals surface area contributed by atoms with Gasteiger partial charge in [0.1, 0.15) is 11.5 Å². The lowest BCUT2D eigenvalue weighted by Gasteiger charge is -2.44. The maximum atomic E-state index is 12.7. The predicted molar refractivity (Wildman–Crippen MR) is 141 cm³/mol. The van der Waals surface area contributed by atoms with Crippen LogP contribution in [0.15, 0.2) is 36.7 Å². The molecule has 2 atom stereocenters. The lowest BCUT2D eigenvalue weighted by Crippen LogP contribution is -2.58. The number of hydrogen-bond donors (Lipinski definition) is 2. The molecule has 5 rings (SSSR count). The van der Waals surface area contributed by atoms with Gasteiger partial charge in [0, 0.05) is 88.0 Å². The summed E-state index contributed by atoms with van der Waals surface area (Å²) in [5.74, 6) is 1.23. The van der Waals surface area contributed by atoms with Crippen molar-refractivity contribution < 1.29 is 9.59 Å². The molecule has 2 aliphatic rings. The van der Waals surface area contributed by atoms with Crippen LogP contribution in [0.3, 0.4) is 0 Å². The van der Waals surface area contributed by atoms with Crippen molar-refractivity contribution in [3.05, 3.63) is 42.2 Å². The number of hydrogen-bond acceptors (Lipinski definition) is 7. The van der Waals surface area contributed by atoms with E-state index in [-0.39, 0.29) is 23.8 Å². The van der Waals surface area contributed by atoms with Crippen LogP contribution in [0.5, 0.6) is 0 Å². The van der Waals surface area contributed by atoms with Crippen molar-refractivity contribution in [2.75, 3.05) is 50.7 Å². The number of H-pyrrole nitrogens is 1. The molecule has 0 radical (unpaired) electrons. The van der Waals surface area contributed by atoms with E-state index >= 15 is 0 Å². The third kappa shape index (κ3) is 5.12. The molecule has 190 valence electrons. The highest BCUT2D eigenvalue weighted by atomic mass is 16.2. The lowest BCUT2D eigenvalue weighted by molar-refractivity contribution is -0.133. The summed E-state index contributed by atoms with van der Waals surface area (Å²) in [4.78, 5) is 44.0. The average molecular weight is 490 g/mol. The fraction of sp³-hybridized carbons (Fsp3) is 0.481. The number of aromatic nitrogens is 3. The minimum Gasteiger partial charge on any atom is -0.352 e. The highest BCUT2D eigenvalue weighted by Crippen LogP contribution is 2.29. The van der Waals surface area contributed by atoms with Crippen molar-refractivity contribution in [2.24, 2.45) is 0 Å². The Kier molecular flexibility index (Phi) is 7.02. The standard InChI is InChI=1S/C27H35N7O2/c1-18-15-33(16-19(2)34(18)20(3)35)26-6-4-5-25(31-26)24-14-30-27-23(24)12-21(13-29-27)11-22(36)17-32-9-7-28-8-10-32/h4-6,12-14,18-19,28H,7-11,15-17H2,1-3H3,(H,29,30)/t18-,19+. The van der Waals surface area contributed by atoms with Gasteiger partial charge in [-0.15, -0.1) is 0 Å². The highest BCUT2D eigenvalue weighted by Gasteiger charge is 2.31. The van der Waals surface area contributed by atoms with Crippen molar-refractivity contribution >= 4 is 28.5 Å². The number of amides is 1. The van der Waals surface area contributed by atoms with E-state index in [1.54, 1.807) is 13.1 Å². The second kappa shape index (κ2) is 10.4. The number of carbonyl (C=O) groups is 2. The van der Waals surface area contributed by atoms with Gasteiger partial charge < -0.3 is 20.1 Å². The summed E-state index contributed by atoms with van der Waals surface area (Å²) in [5.41, 5.74) is 3.54. The van der Waals surface area contributed by atoms with Gasteiger partial charge in [-0.25, -0.2) is 9.97 Å². The Bertz CT molecular complexity index is 1240. The van der Waals surface area contributed by atoms with E-state index in [1.807, 2.05) is 29.3 Å². The van der Waals surface area contributed by atoms with E-state index in [4.69, 9.17) is 4.98 Å². The van der Waals surface area contributed by atoms with E-state index in [1.165, 1.54) is 0 Å². The molecule has 2 saturated heterocycles. The first-order chi connectivity index (χ1) is 17.4. The summed E-state index contributed by atoms with van der Waals surface area (Å²) < 4.78 is 0. The minimum atomic E-state index is 0.116. The number of carbonyl (C=O) groups excluding carboxylic acids is 2. The van der Waals surface area contributed by atoms with E-state index in [0.29, 0.717) is 13.0 Å². The zero-order valence-electron chi connectivity index (χ0n) is 21.3. The zero-order chi connectivity index (χ0) is 25.2. The molecule has 5 heterocycles. The molecular formula is C27H35N7O2. The van der Waals surface area contributed by atoms with Gasteiger partial charge in [-0.2, -0.15) is 0 Å². The summed E-state index contributed by atoms with van der Waals surface area (Å²) in [6.45, 7) is 11.5. The van der Waals surface area contributed by atoms with Crippen LogP contribution in [0.1, 0.15) is 26.3 Å². The highest BCUT2D eigenvalue weighted by molar-refractivity contribution is 5.94. The average Bonchev–Trinajstić information content (AvgIpc) is 3.27. The first-order valence-electron chi connectivity index (χ1n) is 12.8. The number of fused-ring (bicyclic) bond motifs is 1. The molecule has 0 bridgehead atoms. The van der Waals surface area contributed by atoms with Gasteiger partial charge in [0.2, 0.25) is 5.91 Å². The number of Topliss-reactive ketones (excluding diaryl/α,β-unsaturated/α-hetero) is 1. The first-order valence-corrected chi connectivity index (χ1v) is 12.8. The molecule has 3 aromatic heterocycles. The number of anilines is 1. The molecule has 0 aliphatic carbocycles. The van der Waals surface area contributed by atoms with E-state index in [9.17, 15) is 9.59 Å². The monoisotopic (exact) mass is 489 g/mol. The van der Waals surface area contributed by atoms with Crippen LogP contribution < -0.4 is 10.2 Å². The molecule has 9 nitrogen and oxygen atoms in total. The summed E-state index contributed by atoms with van der Waals surface area (Å²) in [5, 5.41) is 4.29. The summed E-state index contributed by atoms with van der Waals surface area (Å²) in [6, 6.07) is 8.36. The molecular weight excluding hydrogens is 454 g/mol. The number of piperazine rings is 2. The van der Waals surface area contributed by atoms with Gasteiger partial charge >= 0.3 is 0 Å². The number of aromatic amines is 1. The molecule has 3 aromatic rings. The molecule has 2 fully saturated rings. The van der Waals surface area contributed by atoms with Crippen LogP contribution in [0.2, 0.25) is 0 Å². The Hall–Kier alpha value is -3.30. The van der Waals surface area contributed by atoms with Crippen molar-refractivity contribution in [3.8, 4) is 11.3 Å². The Morgan fingerprint density at radius 3 is 2.58 bits per heavy atom. The van der Waals surface area contributed by atoms with Gasteiger partial charge in [-0.3, -0.25) is 14.5 Å². The van der Waals surface area contributed by atoms with Gasteiger partial charge in [0.15, 0.2) is 5.78 Å². The third-order valence-corrected chi connectivity index (χ3v) is 7.22. The Balaban J connectivity index is 1.35. The summed E-state index contributed by atoms with van der Waals surface area (Å²) in [6.07, 6.45) is 4.11. The molecule has 2 N–H and O–H groups in total. The smallest absolute Gasteiger partial charge is 0.220 e. The van der Waals surface area contributed by atoms with Crippen molar-refractivity contribution in [1.29, 1.82) is 0 Å². The van der Waals surface area contributed by atoms with Crippen LogP contribution in [0.25, 0.3) is 22.3 Å². The van der Waals surface area contributed by atoms with Gasteiger partial charge in [0.05, 0.1) is 12.2 Å². The summed E-state index contributed by atoms with van der Waals surface area (Å²) >= 11 is 0. The predicted octanol–water partition coefficient (Wildman–Crippen LogP) is 2.09. The normalized spacial score (nSPS) is 21.2. The fourth-order valence-electron chi connectivity index (χ4n) is 5.64. The SMILES string of the molecule is CC(=O)N1[C@H](C)CN(c2cccc(-c3c[nH]c4ncc(CC(=O)CN5CCNCC5)cc34)n2)C[C@@H]1C. The lowest BCUT2D eigenvalue weighted by atomic mass is 10.1. The third-order valence-electron chi connectivity index (χ3n) is 7.22. The second-order valence-corrected chi connectivity index (χ2v) is 10.1. The maximum Gasteiger partial charge on any atom is 0.220 e. The Morgan fingerprint density at radius 2 is 1.86 bits per heavy atom. The first kappa shape index (κ1) is 24.4. The fourth-order valence-corrected chi connectivity index (χ4v) is 5.64. The quantitative estimate of drug-likeness (QED) is 0.547. The molecule has 0 unspecified atom stereocenters. The molecule has 0 spiro atoms. The zero-order valence-corrected chi connectivity index (χ0v) is 21.3. The van der Waals surface area contributed by atoms with Crippen LogP contribution in [0, 0.1) is 0 Å². The number of nitrogens with zero attached hydrogens (tertiary/aromatic N) is 5. The molecule has 0 saturated carbocycles. The minimum absolute atomic E-state index is 0.116. The van der Waals surface area contributed by atoms with Crippen molar-refractivity contribution in [3.63, 3.8) is 0 Å². The molecule has 0 aromatic carbocycles. The van der Waals surface area contributed by atoms with E-state index in [2.05, 4.69) is 45.0 Å². The van der Waals surface area contributed by atoms with Crippen LogP contribution in [0.4, 0.5) is 5.82 Å². The molecule has 9 heteroatoms. The van der Waals surface area contributed by atoms with Gasteiger partial charge in [-0.05, 0) is 37.6 Å².